The maximum Gasteiger partial charge on any atom is 0.236 e. The molecule has 154 valence electrons. The predicted molar refractivity (Wildman–Crippen MR) is 111 cm³/mol. The van der Waals surface area contributed by atoms with Gasteiger partial charge in [-0.25, -0.2) is 0 Å². The molecular formula is C22H34N4O2. The van der Waals surface area contributed by atoms with Crippen molar-refractivity contribution in [2.45, 2.75) is 39.7 Å². The monoisotopic (exact) mass is 386 g/mol. The molecule has 0 aliphatic carbocycles. The molecular weight excluding hydrogens is 352 g/mol. The molecule has 1 N–H and O–H groups in total. The van der Waals surface area contributed by atoms with Crippen molar-refractivity contribution in [1.29, 1.82) is 0 Å². The normalized spacial score (nSPS) is 19.6. The summed E-state index contributed by atoms with van der Waals surface area (Å²) in [6.07, 6.45) is 2.27. The van der Waals surface area contributed by atoms with Crippen LogP contribution in [0.2, 0.25) is 0 Å². The first-order valence-corrected chi connectivity index (χ1v) is 10.5. The minimum absolute atomic E-state index is 0.00571. The van der Waals surface area contributed by atoms with E-state index in [0.717, 1.165) is 57.7 Å². The Morgan fingerprint density at radius 1 is 0.929 bits per heavy atom. The van der Waals surface area contributed by atoms with E-state index < -0.39 is 0 Å². The molecule has 1 aromatic carbocycles. The Morgan fingerprint density at radius 3 is 2.14 bits per heavy atom. The molecule has 6 nitrogen and oxygen atoms in total. The van der Waals surface area contributed by atoms with Gasteiger partial charge in [0.15, 0.2) is 0 Å². The molecule has 6 heteroatoms. The first kappa shape index (κ1) is 20.8. The van der Waals surface area contributed by atoms with E-state index in [9.17, 15) is 9.59 Å². The molecule has 0 radical (unpaired) electrons. The van der Waals surface area contributed by atoms with Gasteiger partial charge < -0.3 is 10.2 Å². The summed E-state index contributed by atoms with van der Waals surface area (Å²) < 4.78 is 0. The fourth-order valence-corrected chi connectivity index (χ4v) is 3.97. The summed E-state index contributed by atoms with van der Waals surface area (Å²) in [6, 6.07) is 6.35. The number of rotatable bonds is 6. The highest BCUT2D eigenvalue weighted by atomic mass is 16.2. The van der Waals surface area contributed by atoms with E-state index in [4.69, 9.17) is 0 Å². The number of benzene rings is 1. The van der Waals surface area contributed by atoms with E-state index in [-0.39, 0.29) is 17.9 Å². The number of carbonyl (C=O) groups is 2. The van der Waals surface area contributed by atoms with Crippen LogP contribution in [0.1, 0.15) is 42.5 Å². The number of nitrogens with zero attached hydrogens (tertiary/aromatic N) is 3. The summed E-state index contributed by atoms with van der Waals surface area (Å²) in [6.45, 7) is 12.4. The van der Waals surface area contributed by atoms with Crippen LogP contribution >= 0.6 is 0 Å². The molecule has 2 aliphatic heterocycles. The largest absolute Gasteiger partial charge is 0.348 e. The van der Waals surface area contributed by atoms with Crippen molar-refractivity contribution >= 4 is 11.8 Å². The van der Waals surface area contributed by atoms with E-state index in [1.165, 1.54) is 11.1 Å². The van der Waals surface area contributed by atoms with Crippen LogP contribution < -0.4 is 5.32 Å². The molecule has 28 heavy (non-hydrogen) atoms. The summed E-state index contributed by atoms with van der Waals surface area (Å²) >= 11 is 0. The molecule has 1 aromatic rings. The molecule has 0 bridgehead atoms. The van der Waals surface area contributed by atoms with Gasteiger partial charge in [-0.1, -0.05) is 18.2 Å². The van der Waals surface area contributed by atoms with Crippen LogP contribution in [0.4, 0.5) is 0 Å². The molecule has 0 saturated carbocycles. The maximum absolute atomic E-state index is 12.5. The number of piperazine rings is 1. The Kier molecular flexibility index (Phi) is 7.08. The maximum atomic E-state index is 12.5. The van der Waals surface area contributed by atoms with E-state index in [0.29, 0.717) is 13.1 Å². The first-order valence-electron chi connectivity index (χ1n) is 10.5. The minimum Gasteiger partial charge on any atom is -0.348 e. The highest BCUT2D eigenvalue weighted by Gasteiger charge is 2.24. The number of likely N-dealkylation sites (tertiary alicyclic amines) is 1. The predicted octanol–water partition coefficient (Wildman–Crippen LogP) is 1.72. The second kappa shape index (κ2) is 9.52. The third-order valence-corrected chi connectivity index (χ3v) is 6.06. The van der Waals surface area contributed by atoms with Crippen molar-refractivity contribution in [3.05, 3.63) is 34.9 Å². The molecule has 2 fully saturated rings. The van der Waals surface area contributed by atoms with E-state index in [1.807, 2.05) is 11.8 Å². The van der Waals surface area contributed by atoms with Gasteiger partial charge in [0.25, 0.3) is 0 Å². The summed E-state index contributed by atoms with van der Waals surface area (Å²) in [5, 5.41) is 3.12. The lowest BCUT2D eigenvalue weighted by molar-refractivity contribution is -0.132. The second-order valence-corrected chi connectivity index (χ2v) is 8.27. The molecule has 2 amide bonds. The van der Waals surface area contributed by atoms with Crippen molar-refractivity contribution in [2.24, 2.45) is 0 Å². The van der Waals surface area contributed by atoms with Crippen molar-refractivity contribution in [2.75, 3.05) is 52.4 Å². The van der Waals surface area contributed by atoms with Crippen LogP contribution in [0.15, 0.2) is 18.2 Å². The molecule has 1 atom stereocenters. The van der Waals surface area contributed by atoms with E-state index in [1.54, 1.807) is 0 Å². The van der Waals surface area contributed by atoms with Crippen LogP contribution in [-0.4, -0.2) is 78.9 Å². The molecule has 3 rings (SSSR count). The first-order chi connectivity index (χ1) is 13.4. The Morgan fingerprint density at radius 2 is 1.54 bits per heavy atom. The quantitative estimate of drug-likeness (QED) is 0.809. The van der Waals surface area contributed by atoms with Crippen molar-refractivity contribution < 1.29 is 9.59 Å². The number of aryl methyl sites for hydroxylation is 2. The average Bonchev–Trinajstić information content (AvgIpc) is 3.20. The van der Waals surface area contributed by atoms with Gasteiger partial charge in [0, 0.05) is 39.3 Å². The highest BCUT2D eigenvalue weighted by Crippen LogP contribution is 2.17. The molecule has 1 unspecified atom stereocenters. The van der Waals surface area contributed by atoms with Gasteiger partial charge in [0.2, 0.25) is 11.8 Å². The standard InChI is InChI=1S/C22H34N4O2/c1-17-6-7-20(14-18(17)2)19(3)23-21(27)15-24-10-12-25(13-11-24)16-22(28)26-8-4-5-9-26/h6-7,14,19H,4-5,8-13,15-16H2,1-3H3,(H,23,27). The van der Waals surface area contributed by atoms with Crippen molar-refractivity contribution in [1.82, 2.24) is 20.0 Å². The Balaban J connectivity index is 1.39. The number of hydrogen-bond acceptors (Lipinski definition) is 4. The summed E-state index contributed by atoms with van der Waals surface area (Å²) in [7, 11) is 0. The zero-order chi connectivity index (χ0) is 20.1. The molecule has 0 aromatic heterocycles. The zero-order valence-corrected chi connectivity index (χ0v) is 17.5. The van der Waals surface area contributed by atoms with Crippen molar-refractivity contribution in [3.63, 3.8) is 0 Å². The number of amides is 2. The highest BCUT2D eigenvalue weighted by molar-refractivity contribution is 5.79. The van der Waals surface area contributed by atoms with E-state index >= 15 is 0 Å². The average molecular weight is 387 g/mol. The van der Waals surface area contributed by atoms with Gasteiger partial charge in [-0.15, -0.1) is 0 Å². The second-order valence-electron chi connectivity index (χ2n) is 8.27. The summed E-state index contributed by atoms with van der Waals surface area (Å²) in [4.78, 5) is 31.1. The van der Waals surface area contributed by atoms with Crippen LogP contribution in [0, 0.1) is 13.8 Å². The molecule has 2 saturated heterocycles. The molecule has 2 aliphatic rings. The lowest BCUT2D eigenvalue weighted by Gasteiger charge is -2.34. The van der Waals surface area contributed by atoms with Crippen LogP contribution in [0.3, 0.4) is 0 Å². The van der Waals surface area contributed by atoms with E-state index in [2.05, 4.69) is 47.2 Å². The van der Waals surface area contributed by atoms with Crippen LogP contribution in [0.25, 0.3) is 0 Å². The third kappa shape index (κ3) is 5.55. The SMILES string of the molecule is Cc1ccc(C(C)NC(=O)CN2CCN(CC(=O)N3CCCC3)CC2)cc1C. The number of nitrogens with one attached hydrogen (secondary N) is 1. The molecule has 2 heterocycles. The zero-order valence-electron chi connectivity index (χ0n) is 17.5. The van der Waals surface area contributed by atoms with Gasteiger partial charge in [-0.2, -0.15) is 0 Å². The summed E-state index contributed by atoms with van der Waals surface area (Å²) in [5.74, 6) is 0.318. The van der Waals surface area contributed by atoms with Gasteiger partial charge >= 0.3 is 0 Å². The van der Waals surface area contributed by atoms with Gasteiger partial charge in [-0.3, -0.25) is 19.4 Å². The van der Waals surface area contributed by atoms with Gasteiger partial charge in [0.05, 0.1) is 19.1 Å². The third-order valence-electron chi connectivity index (χ3n) is 6.06. The minimum atomic E-state index is 0.00571. The fraction of sp³-hybridized carbons (Fsp3) is 0.636. The summed E-state index contributed by atoms with van der Waals surface area (Å²) in [5.41, 5.74) is 3.66. The van der Waals surface area contributed by atoms with Crippen LogP contribution in [0.5, 0.6) is 0 Å². The fourth-order valence-electron chi connectivity index (χ4n) is 3.97. The van der Waals surface area contributed by atoms with Gasteiger partial charge in [-0.05, 0) is 50.3 Å². The Hall–Kier alpha value is -1.92. The van der Waals surface area contributed by atoms with Crippen molar-refractivity contribution in [3.8, 4) is 0 Å². The number of hydrogen-bond donors (Lipinski definition) is 1. The smallest absolute Gasteiger partial charge is 0.236 e. The lowest BCUT2D eigenvalue weighted by Crippen LogP contribution is -2.51. The molecule has 0 spiro atoms. The topological polar surface area (TPSA) is 55.9 Å². The Labute approximate surface area is 168 Å². The number of carbonyl (C=O) groups excluding carboxylic acids is 2. The lowest BCUT2D eigenvalue weighted by atomic mass is 10.0. The van der Waals surface area contributed by atoms with Crippen LogP contribution in [-0.2, 0) is 9.59 Å². The van der Waals surface area contributed by atoms with Gasteiger partial charge in [0.1, 0.15) is 0 Å². The Bertz CT molecular complexity index is 692.